The fourth-order valence-electron chi connectivity index (χ4n) is 3.91. The van der Waals surface area contributed by atoms with Crippen molar-refractivity contribution in [2.24, 2.45) is 5.41 Å². The summed E-state index contributed by atoms with van der Waals surface area (Å²) in [6, 6.07) is 2.03. The maximum atomic E-state index is 12.9. The molecule has 0 aliphatic carbocycles. The summed E-state index contributed by atoms with van der Waals surface area (Å²) >= 11 is 1.63. The third kappa shape index (κ3) is 4.64. The van der Waals surface area contributed by atoms with Gasteiger partial charge in [0.25, 0.3) is 0 Å². The lowest BCUT2D eigenvalue weighted by Gasteiger charge is -2.37. The van der Waals surface area contributed by atoms with E-state index >= 15 is 0 Å². The lowest BCUT2D eigenvalue weighted by atomic mass is 9.78. The van der Waals surface area contributed by atoms with Crippen LogP contribution in [0.3, 0.4) is 0 Å². The molecule has 6 nitrogen and oxygen atoms in total. The lowest BCUT2D eigenvalue weighted by molar-refractivity contribution is -0.139. The minimum atomic E-state index is 0.00609. The largest absolute Gasteiger partial charge is 0.383 e. The Morgan fingerprint density at radius 3 is 2.81 bits per heavy atom. The first-order valence-corrected chi connectivity index (χ1v) is 10.2. The van der Waals surface area contributed by atoms with Gasteiger partial charge in [-0.3, -0.25) is 9.59 Å². The van der Waals surface area contributed by atoms with Crippen LogP contribution in [0.1, 0.15) is 24.8 Å². The van der Waals surface area contributed by atoms with Crippen LogP contribution in [0.5, 0.6) is 0 Å². The van der Waals surface area contributed by atoms with Gasteiger partial charge in [-0.15, -0.1) is 0 Å². The van der Waals surface area contributed by atoms with Gasteiger partial charge in [0.05, 0.1) is 13.2 Å². The van der Waals surface area contributed by atoms with Crippen LogP contribution in [0.4, 0.5) is 0 Å². The number of methoxy groups -OCH3 is 1. The fraction of sp³-hybridized carbons (Fsp3) is 0.684. The molecule has 2 aliphatic rings. The van der Waals surface area contributed by atoms with Crippen molar-refractivity contribution >= 4 is 23.2 Å². The smallest absolute Gasteiger partial charge is 0.242 e. The van der Waals surface area contributed by atoms with Crippen LogP contribution in [0.25, 0.3) is 0 Å². The van der Waals surface area contributed by atoms with Crippen LogP contribution in [-0.4, -0.2) is 80.0 Å². The zero-order chi connectivity index (χ0) is 18.6. The zero-order valence-electron chi connectivity index (χ0n) is 15.8. The van der Waals surface area contributed by atoms with E-state index in [-0.39, 0.29) is 23.8 Å². The van der Waals surface area contributed by atoms with Gasteiger partial charge in [0, 0.05) is 33.2 Å². The van der Waals surface area contributed by atoms with Crippen LogP contribution in [0, 0.1) is 5.41 Å². The van der Waals surface area contributed by atoms with Crippen molar-refractivity contribution in [3.8, 4) is 0 Å². The minimum absolute atomic E-state index is 0.00609. The van der Waals surface area contributed by atoms with Gasteiger partial charge < -0.3 is 19.4 Å². The fourth-order valence-corrected chi connectivity index (χ4v) is 4.57. The Hall–Kier alpha value is -1.44. The summed E-state index contributed by atoms with van der Waals surface area (Å²) in [4.78, 5) is 31.3. The first kappa shape index (κ1) is 19.3. The van der Waals surface area contributed by atoms with Crippen molar-refractivity contribution in [2.75, 3.05) is 53.5 Å². The van der Waals surface area contributed by atoms with E-state index in [0.29, 0.717) is 26.1 Å². The van der Waals surface area contributed by atoms with E-state index in [1.54, 1.807) is 28.2 Å². The number of piperidine rings is 1. The molecule has 0 unspecified atom stereocenters. The van der Waals surface area contributed by atoms with Gasteiger partial charge in [0.1, 0.15) is 0 Å². The highest BCUT2D eigenvalue weighted by Gasteiger charge is 2.45. The first-order valence-electron chi connectivity index (χ1n) is 9.25. The van der Waals surface area contributed by atoms with Crippen molar-refractivity contribution < 1.29 is 14.3 Å². The number of nitrogens with zero attached hydrogens (tertiary/aromatic N) is 3. The number of carbonyl (C=O) groups excluding carboxylic acids is 2. The van der Waals surface area contributed by atoms with E-state index in [2.05, 4.69) is 17.3 Å². The maximum absolute atomic E-state index is 12.9. The number of hydrogen-bond donors (Lipinski definition) is 0. The van der Waals surface area contributed by atoms with Gasteiger partial charge in [-0.1, -0.05) is 0 Å². The monoisotopic (exact) mass is 379 g/mol. The molecule has 0 aromatic carbocycles. The molecule has 1 spiro atoms. The van der Waals surface area contributed by atoms with Gasteiger partial charge in [-0.25, -0.2) is 0 Å². The number of hydrogen-bond acceptors (Lipinski definition) is 5. The highest BCUT2D eigenvalue weighted by Crippen LogP contribution is 2.40. The van der Waals surface area contributed by atoms with Crippen LogP contribution in [0.2, 0.25) is 0 Å². The summed E-state index contributed by atoms with van der Waals surface area (Å²) < 4.78 is 5.16. The van der Waals surface area contributed by atoms with E-state index in [0.717, 1.165) is 38.0 Å². The Labute approximate surface area is 159 Å². The quantitative estimate of drug-likeness (QED) is 0.723. The second kappa shape index (κ2) is 8.50. The summed E-state index contributed by atoms with van der Waals surface area (Å²) in [5.74, 6) is 0.136. The minimum Gasteiger partial charge on any atom is -0.383 e. The zero-order valence-corrected chi connectivity index (χ0v) is 16.6. The number of amides is 2. The Bertz CT molecular complexity index is 612. The van der Waals surface area contributed by atoms with Gasteiger partial charge in [0.2, 0.25) is 11.8 Å². The molecule has 1 aromatic heterocycles. The van der Waals surface area contributed by atoms with Crippen molar-refractivity contribution in [1.29, 1.82) is 0 Å². The van der Waals surface area contributed by atoms with Crippen LogP contribution < -0.4 is 0 Å². The third-order valence-corrected chi connectivity index (χ3v) is 6.38. The molecule has 0 radical (unpaired) electrons. The molecule has 0 saturated carbocycles. The van der Waals surface area contributed by atoms with E-state index in [4.69, 9.17) is 4.74 Å². The summed E-state index contributed by atoms with van der Waals surface area (Å²) in [7, 11) is 3.77. The Morgan fingerprint density at radius 2 is 2.15 bits per heavy atom. The molecule has 0 N–H and O–H groups in total. The predicted octanol–water partition coefficient (Wildman–Crippen LogP) is 1.67. The van der Waals surface area contributed by atoms with E-state index in [1.165, 1.54) is 0 Å². The molecule has 0 atom stereocenters. The van der Waals surface area contributed by atoms with Gasteiger partial charge in [-0.2, -0.15) is 11.3 Å². The van der Waals surface area contributed by atoms with Crippen LogP contribution in [0.15, 0.2) is 16.8 Å². The molecule has 3 rings (SSSR count). The van der Waals surface area contributed by atoms with Crippen molar-refractivity contribution in [2.45, 2.75) is 25.8 Å². The Kier molecular flexibility index (Phi) is 6.32. The molecule has 0 bridgehead atoms. The third-order valence-electron chi connectivity index (χ3n) is 5.65. The normalized spacial score (nSPS) is 20.1. The Morgan fingerprint density at radius 1 is 1.38 bits per heavy atom. The standard InChI is InChI=1S/C19H29N3O3S/c1-20-6-4-19(5-7-20)11-17(23)22(15-19)13-18(24)21(8-9-25-2)12-16-3-10-26-14-16/h3,10,14H,4-9,11-13,15H2,1-2H3. The second-order valence-electron chi connectivity index (χ2n) is 7.67. The molecule has 26 heavy (non-hydrogen) atoms. The van der Waals surface area contributed by atoms with Gasteiger partial charge in [0.15, 0.2) is 0 Å². The summed E-state index contributed by atoms with van der Waals surface area (Å²) in [5.41, 5.74) is 1.20. The van der Waals surface area contributed by atoms with Crippen LogP contribution >= 0.6 is 11.3 Å². The van der Waals surface area contributed by atoms with Crippen LogP contribution in [-0.2, 0) is 20.9 Å². The molecule has 1 aromatic rings. The summed E-state index contributed by atoms with van der Waals surface area (Å²) in [6.07, 6.45) is 2.68. The summed E-state index contributed by atoms with van der Waals surface area (Å²) in [6.45, 7) is 4.60. The predicted molar refractivity (Wildman–Crippen MR) is 102 cm³/mol. The number of rotatable bonds is 7. The average Bonchev–Trinajstić information content (AvgIpc) is 3.23. The summed E-state index contributed by atoms with van der Waals surface area (Å²) in [5, 5.41) is 4.07. The number of ether oxygens (including phenoxy) is 1. The average molecular weight is 380 g/mol. The first-order chi connectivity index (χ1) is 12.5. The molecule has 2 amide bonds. The highest BCUT2D eigenvalue weighted by atomic mass is 32.1. The number of carbonyl (C=O) groups is 2. The Balaban J connectivity index is 1.60. The van der Waals surface area contributed by atoms with Crippen molar-refractivity contribution in [3.63, 3.8) is 0 Å². The van der Waals surface area contributed by atoms with E-state index in [1.807, 2.05) is 11.4 Å². The molecule has 2 aliphatic heterocycles. The number of likely N-dealkylation sites (tertiary alicyclic amines) is 2. The number of thiophene rings is 1. The van der Waals surface area contributed by atoms with Gasteiger partial charge in [-0.05, 0) is 60.8 Å². The highest BCUT2D eigenvalue weighted by molar-refractivity contribution is 7.07. The topological polar surface area (TPSA) is 53.1 Å². The molecule has 2 fully saturated rings. The van der Waals surface area contributed by atoms with Gasteiger partial charge >= 0.3 is 0 Å². The second-order valence-corrected chi connectivity index (χ2v) is 8.45. The molecule has 144 valence electrons. The lowest BCUT2D eigenvalue weighted by Crippen LogP contribution is -2.43. The molecule has 7 heteroatoms. The SMILES string of the molecule is COCCN(Cc1ccsc1)C(=O)CN1CC2(CCN(C)CC2)CC1=O. The van der Waals surface area contributed by atoms with Crippen molar-refractivity contribution in [3.05, 3.63) is 22.4 Å². The molecular weight excluding hydrogens is 350 g/mol. The molecule has 3 heterocycles. The van der Waals surface area contributed by atoms with E-state index < -0.39 is 0 Å². The van der Waals surface area contributed by atoms with E-state index in [9.17, 15) is 9.59 Å². The molecular formula is C19H29N3O3S. The molecule has 2 saturated heterocycles. The maximum Gasteiger partial charge on any atom is 0.242 e. The van der Waals surface area contributed by atoms with Crippen molar-refractivity contribution in [1.82, 2.24) is 14.7 Å².